The van der Waals surface area contributed by atoms with Gasteiger partial charge in [0.1, 0.15) is 5.01 Å². The molecule has 0 fully saturated rings. The van der Waals surface area contributed by atoms with Crippen LogP contribution in [0.25, 0.3) is 0 Å². The fourth-order valence-corrected chi connectivity index (χ4v) is 2.63. The van der Waals surface area contributed by atoms with Gasteiger partial charge in [0.25, 0.3) is 5.69 Å². The monoisotopic (exact) mass is 268 g/mol. The van der Waals surface area contributed by atoms with E-state index in [9.17, 15) is 10.1 Å². The predicted molar refractivity (Wildman–Crippen MR) is 67.0 cm³/mol. The van der Waals surface area contributed by atoms with Crippen molar-refractivity contribution in [2.24, 2.45) is 0 Å². The van der Waals surface area contributed by atoms with Gasteiger partial charge in [-0.1, -0.05) is 11.3 Å². The summed E-state index contributed by atoms with van der Waals surface area (Å²) in [7, 11) is 0. The number of nitrogen functional groups attached to an aromatic ring is 1. The van der Waals surface area contributed by atoms with E-state index >= 15 is 0 Å². The third-order valence-electron chi connectivity index (χ3n) is 1.89. The molecule has 0 atom stereocenters. The lowest BCUT2D eigenvalue weighted by atomic mass is 10.3. The van der Waals surface area contributed by atoms with Crippen LogP contribution in [0.4, 0.5) is 10.8 Å². The molecule has 0 unspecified atom stereocenters. The number of anilines is 1. The summed E-state index contributed by atoms with van der Waals surface area (Å²) in [5.41, 5.74) is 5.55. The van der Waals surface area contributed by atoms with Crippen LogP contribution in [0.1, 0.15) is 5.01 Å². The zero-order valence-electron chi connectivity index (χ0n) is 8.57. The molecular weight excluding hydrogens is 260 g/mol. The van der Waals surface area contributed by atoms with Crippen molar-refractivity contribution in [3.8, 4) is 0 Å². The molecule has 2 rings (SSSR count). The van der Waals surface area contributed by atoms with Gasteiger partial charge < -0.3 is 5.73 Å². The van der Waals surface area contributed by atoms with Crippen LogP contribution in [0.3, 0.4) is 0 Å². The molecule has 17 heavy (non-hydrogen) atoms. The standard InChI is InChI=1S/C9H8N4O2S2/c10-9-12-11-8(17-9)5-16-7-3-1-6(2-4-7)13(14)15/h1-4H,5H2,(H2,10,12). The average Bonchev–Trinajstić information content (AvgIpc) is 2.73. The van der Waals surface area contributed by atoms with Crippen LogP contribution in [0, 0.1) is 10.1 Å². The molecule has 1 heterocycles. The van der Waals surface area contributed by atoms with Crippen molar-refractivity contribution in [1.82, 2.24) is 10.2 Å². The first-order valence-electron chi connectivity index (χ1n) is 4.60. The fraction of sp³-hybridized carbons (Fsp3) is 0.111. The molecule has 88 valence electrons. The lowest BCUT2D eigenvalue weighted by molar-refractivity contribution is -0.384. The maximum Gasteiger partial charge on any atom is 0.269 e. The van der Waals surface area contributed by atoms with E-state index < -0.39 is 4.92 Å². The zero-order chi connectivity index (χ0) is 12.3. The second kappa shape index (κ2) is 5.11. The number of nitro groups is 1. The molecule has 0 aliphatic rings. The molecule has 0 bridgehead atoms. The largest absolute Gasteiger partial charge is 0.374 e. The van der Waals surface area contributed by atoms with E-state index in [1.165, 1.54) is 35.2 Å². The number of nitrogens with two attached hydrogens (primary N) is 1. The van der Waals surface area contributed by atoms with E-state index in [0.29, 0.717) is 10.9 Å². The molecule has 0 saturated carbocycles. The van der Waals surface area contributed by atoms with Crippen molar-refractivity contribution in [2.75, 3.05) is 5.73 Å². The maximum absolute atomic E-state index is 10.5. The third kappa shape index (κ3) is 3.14. The first kappa shape index (κ1) is 11.8. The summed E-state index contributed by atoms with van der Waals surface area (Å²) < 4.78 is 0. The van der Waals surface area contributed by atoms with Gasteiger partial charge in [0.2, 0.25) is 5.13 Å². The first-order valence-corrected chi connectivity index (χ1v) is 6.40. The van der Waals surface area contributed by atoms with Crippen LogP contribution in [0.2, 0.25) is 0 Å². The summed E-state index contributed by atoms with van der Waals surface area (Å²) >= 11 is 2.88. The van der Waals surface area contributed by atoms with Crippen molar-refractivity contribution in [3.05, 3.63) is 39.4 Å². The number of rotatable bonds is 4. The molecule has 0 spiro atoms. The van der Waals surface area contributed by atoms with Crippen molar-refractivity contribution < 1.29 is 4.92 Å². The Labute approximate surface area is 105 Å². The summed E-state index contributed by atoms with van der Waals surface area (Å²) in [5, 5.41) is 19.4. The Bertz CT molecular complexity index is 526. The van der Waals surface area contributed by atoms with Crippen LogP contribution in [-0.4, -0.2) is 15.1 Å². The highest BCUT2D eigenvalue weighted by Crippen LogP contribution is 2.26. The molecule has 0 radical (unpaired) electrons. The van der Waals surface area contributed by atoms with Gasteiger partial charge in [0.05, 0.1) is 10.7 Å². The summed E-state index contributed by atoms with van der Waals surface area (Å²) in [5.74, 6) is 0.659. The van der Waals surface area contributed by atoms with Gasteiger partial charge in [-0.05, 0) is 12.1 Å². The normalized spacial score (nSPS) is 10.4. The molecule has 0 amide bonds. The first-order chi connectivity index (χ1) is 8.15. The van der Waals surface area contributed by atoms with Crippen molar-refractivity contribution in [3.63, 3.8) is 0 Å². The molecule has 0 aliphatic heterocycles. The van der Waals surface area contributed by atoms with Gasteiger partial charge >= 0.3 is 0 Å². The smallest absolute Gasteiger partial charge is 0.269 e. The summed E-state index contributed by atoms with van der Waals surface area (Å²) in [4.78, 5) is 11.0. The number of aromatic nitrogens is 2. The van der Waals surface area contributed by atoms with Gasteiger partial charge in [0.15, 0.2) is 0 Å². The Kier molecular flexibility index (Phi) is 3.55. The summed E-state index contributed by atoms with van der Waals surface area (Å²) in [6.45, 7) is 0. The molecule has 8 heteroatoms. The van der Waals surface area contributed by atoms with Gasteiger partial charge in [-0.25, -0.2) is 0 Å². The topological polar surface area (TPSA) is 94.9 Å². The Morgan fingerprint density at radius 2 is 2.06 bits per heavy atom. The molecule has 2 N–H and O–H groups in total. The van der Waals surface area contributed by atoms with Crippen LogP contribution >= 0.6 is 23.1 Å². The Balaban J connectivity index is 1.97. The Morgan fingerprint density at radius 1 is 1.35 bits per heavy atom. The van der Waals surface area contributed by atoms with Crippen LogP contribution in [-0.2, 0) is 5.75 Å². The van der Waals surface area contributed by atoms with Crippen LogP contribution in [0.5, 0.6) is 0 Å². The van der Waals surface area contributed by atoms with E-state index in [1.807, 2.05) is 0 Å². The van der Waals surface area contributed by atoms with E-state index in [0.717, 1.165) is 9.90 Å². The van der Waals surface area contributed by atoms with E-state index in [4.69, 9.17) is 5.73 Å². The van der Waals surface area contributed by atoms with E-state index in [2.05, 4.69) is 10.2 Å². The highest BCUT2D eigenvalue weighted by Gasteiger charge is 2.05. The molecule has 1 aromatic carbocycles. The lowest BCUT2D eigenvalue weighted by Crippen LogP contribution is -1.86. The minimum atomic E-state index is -0.417. The van der Waals surface area contributed by atoms with Gasteiger partial charge in [-0.3, -0.25) is 10.1 Å². The van der Waals surface area contributed by atoms with E-state index in [-0.39, 0.29) is 5.69 Å². The molecule has 2 aromatic rings. The third-order valence-corrected chi connectivity index (χ3v) is 3.85. The quantitative estimate of drug-likeness (QED) is 0.519. The number of benzene rings is 1. The molecule has 1 aromatic heterocycles. The number of nitrogens with zero attached hydrogens (tertiary/aromatic N) is 3. The SMILES string of the molecule is Nc1nnc(CSc2ccc([N+](=O)[O-])cc2)s1. The second-order valence-electron chi connectivity index (χ2n) is 3.07. The number of thioether (sulfide) groups is 1. The summed E-state index contributed by atoms with van der Waals surface area (Å²) in [6, 6.07) is 6.40. The van der Waals surface area contributed by atoms with Gasteiger partial charge in [-0.2, -0.15) is 0 Å². The minimum Gasteiger partial charge on any atom is -0.374 e. The minimum absolute atomic E-state index is 0.0921. The summed E-state index contributed by atoms with van der Waals surface area (Å²) in [6.07, 6.45) is 0. The van der Waals surface area contributed by atoms with Crippen LogP contribution in [0.15, 0.2) is 29.2 Å². The van der Waals surface area contributed by atoms with Gasteiger partial charge in [0, 0.05) is 17.0 Å². The zero-order valence-corrected chi connectivity index (χ0v) is 10.2. The number of hydrogen-bond acceptors (Lipinski definition) is 7. The van der Waals surface area contributed by atoms with E-state index in [1.54, 1.807) is 12.1 Å². The Morgan fingerprint density at radius 3 is 2.59 bits per heavy atom. The van der Waals surface area contributed by atoms with Crippen molar-refractivity contribution in [1.29, 1.82) is 0 Å². The Hall–Kier alpha value is -1.67. The highest BCUT2D eigenvalue weighted by molar-refractivity contribution is 7.98. The molecular formula is C9H8N4O2S2. The second-order valence-corrected chi connectivity index (χ2v) is 5.22. The van der Waals surface area contributed by atoms with Crippen molar-refractivity contribution in [2.45, 2.75) is 10.6 Å². The molecule has 0 saturated heterocycles. The number of nitro benzene ring substituents is 1. The maximum atomic E-state index is 10.5. The van der Waals surface area contributed by atoms with Crippen molar-refractivity contribution >= 4 is 33.9 Å². The fourth-order valence-electron chi connectivity index (χ4n) is 1.13. The number of non-ortho nitro benzene ring substituents is 1. The lowest BCUT2D eigenvalue weighted by Gasteiger charge is -1.98. The highest BCUT2D eigenvalue weighted by atomic mass is 32.2. The molecule has 0 aliphatic carbocycles. The number of hydrogen-bond donors (Lipinski definition) is 1. The predicted octanol–water partition coefficient (Wildman–Crippen LogP) is 2.32. The van der Waals surface area contributed by atoms with Crippen LogP contribution < -0.4 is 5.73 Å². The average molecular weight is 268 g/mol. The molecule has 6 nitrogen and oxygen atoms in total. The van der Waals surface area contributed by atoms with Gasteiger partial charge in [-0.15, -0.1) is 22.0 Å².